The number of ether oxygens (including phenoxy) is 1. The molecule has 0 saturated heterocycles. The third-order valence-corrected chi connectivity index (χ3v) is 6.14. The molecule has 4 rings (SSSR count). The maximum absolute atomic E-state index is 13.0. The molecule has 184 valence electrons. The molecule has 35 heavy (non-hydrogen) atoms. The highest BCUT2D eigenvalue weighted by atomic mass is 32.2. The number of aromatic nitrogens is 3. The van der Waals surface area contributed by atoms with Crippen LogP contribution in [-0.4, -0.2) is 42.6 Å². The Hall–Kier alpha value is -3.73. The van der Waals surface area contributed by atoms with E-state index in [1.54, 1.807) is 42.7 Å². The third-order valence-electron chi connectivity index (χ3n) is 5.39. The fraction of sp³-hybridized carbons (Fsp3) is 0.333. The summed E-state index contributed by atoms with van der Waals surface area (Å²) in [7, 11) is 0. The number of pyridine rings is 1. The van der Waals surface area contributed by atoms with Crippen LogP contribution in [0.4, 0.5) is 5.69 Å². The number of carbonyl (C=O) groups excluding carboxylic acids is 1. The van der Waals surface area contributed by atoms with Gasteiger partial charge in [-0.05, 0) is 44.5 Å². The zero-order valence-electron chi connectivity index (χ0n) is 19.9. The highest BCUT2D eigenvalue weighted by Gasteiger charge is 2.25. The molecule has 3 heterocycles. The van der Waals surface area contributed by atoms with Crippen LogP contribution in [0.2, 0.25) is 0 Å². The molecule has 10 nitrogen and oxygen atoms in total. The van der Waals surface area contributed by atoms with Crippen LogP contribution in [0.15, 0.2) is 53.3 Å². The molecule has 0 aliphatic carbocycles. The molecule has 0 saturated carbocycles. The van der Waals surface area contributed by atoms with Crippen molar-refractivity contribution in [1.29, 1.82) is 0 Å². The maximum Gasteiger partial charge on any atom is 0.251 e. The Balaban J connectivity index is 1.42. The van der Waals surface area contributed by atoms with Gasteiger partial charge in [-0.2, -0.15) is 4.40 Å². The van der Waals surface area contributed by atoms with Gasteiger partial charge in [-0.15, -0.1) is 0 Å². The second kappa shape index (κ2) is 10.3. The molecule has 0 radical (unpaired) electrons. The number of anilines is 1. The quantitative estimate of drug-likeness (QED) is 0.417. The molecule has 0 bridgehead atoms. The SMILES string of the molecule is CCCc1nccn1Cc1cc(C(=O)NC(C)(C)COc2cccc3c2C(N)=NS(=O)N3)ccn1. The number of fused-ring (bicyclic) bond motifs is 1. The van der Waals surface area contributed by atoms with Crippen molar-refractivity contribution < 1.29 is 13.7 Å². The van der Waals surface area contributed by atoms with E-state index < -0.39 is 16.7 Å². The van der Waals surface area contributed by atoms with Gasteiger partial charge in [-0.3, -0.25) is 14.5 Å². The van der Waals surface area contributed by atoms with Gasteiger partial charge in [-0.25, -0.2) is 9.19 Å². The van der Waals surface area contributed by atoms with Crippen LogP contribution in [0.25, 0.3) is 0 Å². The molecule has 1 aliphatic heterocycles. The summed E-state index contributed by atoms with van der Waals surface area (Å²) in [6, 6.07) is 8.76. The van der Waals surface area contributed by atoms with Gasteiger partial charge in [-0.1, -0.05) is 13.0 Å². The van der Waals surface area contributed by atoms with Gasteiger partial charge in [0.15, 0.2) is 0 Å². The Bertz CT molecular complexity index is 1290. The smallest absolute Gasteiger partial charge is 0.251 e. The van der Waals surface area contributed by atoms with Crippen LogP contribution in [-0.2, 0) is 24.1 Å². The lowest BCUT2D eigenvalue weighted by molar-refractivity contribution is 0.0880. The van der Waals surface area contributed by atoms with Crippen molar-refractivity contribution in [3.8, 4) is 5.75 Å². The fourth-order valence-electron chi connectivity index (χ4n) is 3.74. The van der Waals surface area contributed by atoms with E-state index >= 15 is 0 Å². The summed E-state index contributed by atoms with van der Waals surface area (Å²) in [5.41, 5.74) is 7.71. The topological polar surface area (TPSA) is 137 Å². The van der Waals surface area contributed by atoms with E-state index in [1.807, 2.05) is 24.6 Å². The molecule has 2 aromatic heterocycles. The summed E-state index contributed by atoms with van der Waals surface area (Å²) in [5, 5.41) is 3.02. The first-order valence-corrected chi connectivity index (χ1v) is 12.4. The van der Waals surface area contributed by atoms with Crippen molar-refractivity contribution in [1.82, 2.24) is 19.9 Å². The maximum atomic E-state index is 13.0. The number of nitrogens with one attached hydrogen (secondary N) is 2. The molecule has 1 amide bonds. The number of imidazole rings is 1. The Morgan fingerprint density at radius 1 is 1.26 bits per heavy atom. The number of hydrogen-bond acceptors (Lipinski definition) is 6. The number of hydrogen-bond donors (Lipinski definition) is 3. The summed E-state index contributed by atoms with van der Waals surface area (Å²) in [4.78, 5) is 21.8. The molecule has 0 fully saturated rings. The minimum atomic E-state index is -1.62. The third kappa shape index (κ3) is 5.86. The summed E-state index contributed by atoms with van der Waals surface area (Å²) in [6.07, 6.45) is 7.23. The summed E-state index contributed by atoms with van der Waals surface area (Å²) in [6.45, 7) is 6.58. The minimum Gasteiger partial charge on any atom is -0.490 e. The van der Waals surface area contributed by atoms with Crippen LogP contribution < -0.4 is 20.5 Å². The van der Waals surface area contributed by atoms with Gasteiger partial charge >= 0.3 is 0 Å². The van der Waals surface area contributed by atoms with E-state index in [0.717, 1.165) is 24.4 Å². The van der Waals surface area contributed by atoms with Crippen LogP contribution in [0.1, 0.15) is 54.6 Å². The average Bonchev–Trinajstić information content (AvgIpc) is 3.24. The summed E-state index contributed by atoms with van der Waals surface area (Å²) >= 11 is -1.62. The number of rotatable bonds is 9. The van der Waals surface area contributed by atoms with Gasteiger partial charge in [0.25, 0.3) is 5.91 Å². The van der Waals surface area contributed by atoms with Gasteiger partial charge in [0, 0.05) is 30.6 Å². The zero-order chi connectivity index (χ0) is 25.0. The van der Waals surface area contributed by atoms with Crippen LogP contribution in [0, 0.1) is 0 Å². The molecule has 0 spiro atoms. The first kappa shape index (κ1) is 24.4. The van der Waals surface area contributed by atoms with Crippen LogP contribution >= 0.6 is 0 Å². The van der Waals surface area contributed by atoms with E-state index in [0.29, 0.717) is 29.1 Å². The van der Waals surface area contributed by atoms with Crippen molar-refractivity contribution in [2.45, 2.75) is 45.7 Å². The summed E-state index contributed by atoms with van der Waals surface area (Å²) in [5.74, 6) is 1.40. The summed E-state index contributed by atoms with van der Waals surface area (Å²) < 4.78 is 26.4. The van der Waals surface area contributed by atoms with Gasteiger partial charge in [0.1, 0.15) is 24.0 Å². The van der Waals surface area contributed by atoms with Crippen molar-refractivity contribution in [3.05, 3.63) is 71.6 Å². The molecule has 11 heteroatoms. The van der Waals surface area contributed by atoms with E-state index in [9.17, 15) is 9.00 Å². The van der Waals surface area contributed by atoms with E-state index in [4.69, 9.17) is 10.5 Å². The fourth-order valence-corrected chi connectivity index (χ4v) is 4.42. The van der Waals surface area contributed by atoms with Crippen molar-refractivity contribution in [2.24, 2.45) is 10.1 Å². The predicted octanol–water partition coefficient (Wildman–Crippen LogP) is 2.58. The molecule has 3 aromatic rings. The van der Waals surface area contributed by atoms with Gasteiger partial charge < -0.3 is 20.4 Å². The number of amides is 1. The van der Waals surface area contributed by atoms with Crippen molar-refractivity contribution in [3.63, 3.8) is 0 Å². The first-order chi connectivity index (χ1) is 16.8. The van der Waals surface area contributed by atoms with Crippen molar-refractivity contribution in [2.75, 3.05) is 11.3 Å². The number of amidine groups is 1. The lowest BCUT2D eigenvalue weighted by Crippen LogP contribution is -2.48. The van der Waals surface area contributed by atoms with Crippen LogP contribution in [0.5, 0.6) is 5.75 Å². The van der Waals surface area contributed by atoms with Crippen LogP contribution in [0.3, 0.4) is 0 Å². The van der Waals surface area contributed by atoms with Gasteiger partial charge in [0.05, 0.1) is 29.0 Å². The molecule has 1 aliphatic rings. The Morgan fingerprint density at radius 3 is 2.89 bits per heavy atom. The molecule has 1 aromatic carbocycles. The Morgan fingerprint density at radius 2 is 2.09 bits per heavy atom. The van der Waals surface area contributed by atoms with E-state index in [2.05, 4.69) is 31.3 Å². The first-order valence-electron chi connectivity index (χ1n) is 11.3. The second-order valence-electron chi connectivity index (χ2n) is 8.89. The minimum absolute atomic E-state index is 0.138. The number of carbonyl (C=O) groups is 1. The Labute approximate surface area is 206 Å². The molecular weight excluding hydrogens is 466 g/mol. The zero-order valence-corrected chi connectivity index (χ0v) is 20.8. The normalized spacial score (nSPS) is 15.1. The molecular formula is C24H29N7O3S. The second-order valence-corrected chi connectivity index (χ2v) is 9.78. The van der Waals surface area contributed by atoms with E-state index in [-0.39, 0.29) is 18.3 Å². The van der Waals surface area contributed by atoms with E-state index in [1.165, 1.54) is 0 Å². The number of nitrogens with zero attached hydrogens (tertiary/aromatic N) is 4. The van der Waals surface area contributed by atoms with Gasteiger partial charge in [0.2, 0.25) is 11.2 Å². The highest BCUT2D eigenvalue weighted by molar-refractivity contribution is 7.85. The lowest BCUT2D eigenvalue weighted by atomic mass is 10.1. The highest BCUT2D eigenvalue weighted by Crippen LogP contribution is 2.30. The largest absolute Gasteiger partial charge is 0.490 e. The molecule has 4 N–H and O–H groups in total. The molecule has 1 unspecified atom stereocenters. The average molecular weight is 496 g/mol. The van der Waals surface area contributed by atoms with Crippen molar-refractivity contribution >= 4 is 28.6 Å². The number of benzene rings is 1. The number of aryl methyl sites for hydroxylation is 1. The standard InChI is InChI=1S/C24H29N7O3S/c1-4-6-20-27-11-12-31(20)14-17-13-16(9-10-26-17)23(32)28-24(2,3)15-34-19-8-5-7-18-21(19)22(25)30-35(33)29-18/h5,7-13,29H,4,6,14-15H2,1-3H3,(H2,25,30)(H,28,32). The number of nitrogens with two attached hydrogens (primary N) is 1. The molecule has 1 atom stereocenters. The monoisotopic (exact) mass is 495 g/mol. The Kier molecular flexibility index (Phi) is 7.15. The lowest BCUT2D eigenvalue weighted by Gasteiger charge is -2.27. The predicted molar refractivity (Wildman–Crippen MR) is 136 cm³/mol.